The first-order valence-electron chi connectivity index (χ1n) is 12.6. The van der Waals surface area contributed by atoms with Gasteiger partial charge in [0.15, 0.2) is 17.6 Å². The zero-order valence-electron chi connectivity index (χ0n) is 21.7. The first kappa shape index (κ1) is 27.4. The lowest BCUT2D eigenvalue weighted by Crippen LogP contribution is -2.44. The number of carbonyl (C=O) groups is 2. The number of ether oxygens (including phenoxy) is 3. The number of methoxy groups -OCH3 is 1. The Morgan fingerprint density at radius 3 is 1.79 bits per heavy atom. The Kier molecular flexibility index (Phi) is 9.69. The standard InChI is InChI=1S/C32H31NO6/c1-37-30(26-15-9-4-10-16-26)31(34)33-27(32(35)36)19-25-17-18-28(38-21-23-11-5-2-6-12-23)29(20-25)39-22-24-13-7-3-8-14-24/h2-18,20,27,30H,19,21-22H2,1H3,(H,33,34)(H,35,36)/t27-,30-/m0/s1. The molecular weight excluding hydrogens is 494 g/mol. The van der Waals surface area contributed by atoms with Crippen LogP contribution in [0.25, 0.3) is 0 Å². The molecule has 7 nitrogen and oxygen atoms in total. The van der Waals surface area contributed by atoms with Crippen molar-refractivity contribution in [2.45, 2.75) is 31.8 Å². The highest BCUT2D eigenvalue weighted by molar-refractivity contribution is 5.87. The van der Waals surface area contributed by atoms with E-state index in [4.69, 9.17) is 14.2 Å². The second-order valence-corrected chi connectivity index (χ2v) is 8.96. The van der Waals surface area contributed by atoms with Crippen LogP contribution in [0.15, 0.2) is 109 Å². The third-order valence-electron chi connectivity index (χ3n) is 6.11. The smallest absolute Gasteiger partial charge is 0.326 e. The van der Waals surface area contributed by atoms with Crippen molar-refractivity contribution in [3.63, 3.8) is 0 Å². The van der Waals surface area contributed by atoms with Crippen molar-refractivity contribution < 1.29 is 28.9 Å². The van der Waals surface area contributed by atoms with E-state index in [0.29, 0.717) is 35.8 Å². The van der Waals surface area contributed by atoms with Gasteiger partial charge in [-0.15, -0.1) is 0 Å². The summed E-state index contributed by atoms with van der Waals surface area (Å²) in [5.41, 5.74) is 3.30. The van der Waals surface area contributed by atoms with E-state index < -0.39 is 24.0 Å². The number of benzene rings is 4. The molecule has 0 heterocycles. The topological polar surface area (TPSA) is 94.1 Å². The van der Waals surface area contributed by atoms with Crippen LogP contribution >= 0.6 is 0 Å². The van der Waals surface area contributed by atoms with Crippen molar-refractivity contribution in [2.75, 3.05) is 7.11 Å². The SMILES string of the molecule is CO[C@H](C(=O)N[C@@H](Cc1ccc(OCc2ccccc2)c(OCc2ccccc2)c1)C(=O)O)c1ccccc1. The number of rotatable bonds is 13. The van der Waals surface area contributed by atoms with Gasteiger partial charge in [0.1, 0.15) is 19.3 Å². The van der Waals surface area contributed by atoms with E-state index in [-0.39, 0.29) is 6.42 Å². The first-order valence-corrected chi connectivity index (χ1v) is 12.6. The summed E-state index contributed by atoms with van der Waals surface area (Å²) in [4.78, 5) is 25.0. The van der Waals surface area contributed by atoms with Gasteiger partial charge in [0.2, 0.25) is 0 Å². The van der Waals surface area contributed by atoms with Gasteiger partial charge in [-0.3, -0.25) is 4.79 Å². The highest BCUT2D eigenvalue weighted by Crippen LogP contribution is 2.31. The molecule has 0 aliphatic carbocycles. The van der Waals surface area contributed by atoms with Gasteiger partial charge < -0.3 is 24.6 Å². The summed E-state index contributed by atoms with van der Waals surface area (Å²) in [5.74, 6) is -0.651. The summed E-state index contributed by atoms with van der Waals surface area (Å²) in [6.45, 7) is 0.672. The molecular formula is C32H31NO6. The number of carboxylic acids is 1. The molecule has 0 fully saturated rings. The van der Waals surface area contributed by atoms with Crippen LogP contribution in [-0.2, 0) is 34.0 Å². The van der Waals surface area contributed by atoms with Gasteiger partial charge in [0.05, 0.1) is 0 Å². The zero-order valence-corrected chi connectivity index (χ0v) is 21.7. The monoisotopic (exact) mass is 525 g/mol. The van der Waals surface area contributed by atoms with Crippen molar-refractivity contribution in [3.8, 4) is 11.5 Å². The molecule has 1 amide bonds. The number of carbonyl (C=O) groups excluding carboxylic acids is 1. The van der Waals surface area contributed by atoms with E-state index in [9.17, 15) is 14.7 Å². The van der Waals surface area contributed by atoms with Crippen LogP contribution in [0.1, 0.15) is 28.4 Å². The molecule has 200 valence electrons. The minimum Gasteiger partial charge on any atom is -0.485 e. The third kappa shape index (κ3) is 7.93. The van der Waals surface area contributed by atoms with E-state index >= 15 is 0 Å². The van der Waals surface area contributed by atoms with Crippen molar-refractivity contribution >= 4 is 11.9 Å². The Bertz CT molecular complexity index is 1350. The number of carboxylic acid groups (broad SMARTS) is 1. The van der Waals surface area contributed by atoms with Crippen LogP contribution in [0.2, 0.25) is 0 Å². The Morgan fingerprint density at radius 1 is 0.718 bits per heavy atom. The molecule has 4 aromatic rings. The molecule has 4 rings (SSSR count). The molecule has 0 spiro atoms. The molecule has 0 bridgehead atoms. The van der Waals surface area contributed by atoms with Crippen molar-refractivity contribution in [1.29, 1.82) is 0 Å². The number of hydrogen-bond donors (Lipinski definition) is 2. The Morgan fingerprint density at radius 2 is 1.26 bits per heavy atom. The second-order valence-electron chi connectivity index (χ2n) is 8.96. The minimum atomic E-state index is -1.17. The van der Waals surface area contributed by atoms with Crippen molar-refractivity contribution in [3.05, 3.63) is 131 Å². The fourth-order valence-electron chi connectivity index (χ4n) is 4.09. The normalized spacial score (nSPS) is 12.2. The van der Waals surface area contributed by atoms with E-state index in [1.165, 1.54) is 7.11 Å². The molecule has 0 aliphatic rings. The second kappa shape index (κ2) is 13.8. The molecule has 2 atom stereocenters. The van der Waals surface area contributed by atoms with Gasteiger partial charge in [0.25, 0.3) is 5.91 Å². The van der Waals surface area contributed by atoms with E-state index in [2.05, 4.69) is 5.32 Å². The van der Waals surface area contributed by atoms with Gasteiger partial charge in [0, 0.05) is 13.5 Å². The van der Waals surface area contributed by atoms with Gasteiger partial charge in [-0.05, 0) is 34.4 Å². The minimum absolute atomic E-state index is 0.0486. The summed E-state index contributed by atoms with van der Waals surface area (Å²) in [6, 6.07) is 32.6. The Hall–Kier alpha value is -4.62. The maximum absolute atomic E-state index is 12.9. The molecule has 0 saturated carbocycles. The van der Waals surface area contributed by atoms with Crippen molar-refractivity contribution in [2.24, 2.45) is 0 Å². The largest absolute Gasteiger partial charge is 0.485 e. The van der Waals surface area contributed by atoms with E-state index in [0.717, 1.165) is 11.1 Å². The predicted octanol–water partition coefficient (Wildman–Crippen LogP) is 5.34. The molecule has 0 aromatic heterocycles. The highest BCUT2D eigenvalue weighted by atomic mass is 16.5. The average Bonchev–Trinajstić information content (AvgIpc) is 2.97. The lowest BCUT2D eigenvalue weighted by atomic mass is 10.0. The number of nitrogens with one attached hydrogen (secondary N) is 1. The first-order chi connectivity index (χ1) is 19.0. The number of hydrogen-bond acceptors (Lipinski definition) is 5. The van der Waals surface area contributed by atoms with Crippen LogP contribution < -0.4 is 14.8 Å². The Balaban J connectivity index is 1.51. The molecule has 0 aliphatic heterocycles. The third-order valence-corrected chi connectivity index (χ3v) is 6.11. The zero-order chi connectivity index (χ0) is 27.5. The van der Waals surface area contributed by atoms with Crippen LogP contribution in [-0.4, -0.2) is 30.1 Å². The molecule has 0 unspecified atom stereocenters. The fraction of sp³-hybridized carbons (Fsp3) is 0.188. The fourth-order valence-corrected chi connectivity index (χ4v) is 4.09. The summed E-state index contributed by atoms with van der Waals surface area (Å²) < 4.78 is 17.5. The van der Waals surface area contributed by atoms with Crippen molar-refractivity contribution in [1.82, 2.24) is 5.32 Å². The van der Waals surface area contributed by atoms with Crippen LogP contribution in [0, 0.1) is 0 Å². The van der Waals surface area contributed by atoms with E-state index in [1.54, 1.807) is 42.5 Å². The summed E-state index contributed by atoms with van der Waals surface area (Å²) in [5, 5.41) is 12.5. The van der Waals surface area contributed by atoms with Gasteiger partial charge in [-0.1, -0.05) is 97.1 Å². The summed E-state index contributed by atoms with van der Waals surface area (Å²) in [6.07, 6.45) is -0.876. The summed E-state index contributed by atoms with van der Waals surface area (Å²) >= 11 is 0. The molecule has 7 heteroatoms. The predicted molar refractivity (Wildman–Crippen MR) is 147 cm³/mol. The quantitative estimate of drug-likeness (QED) is 0.245. The average molecular weight is 526 g/mol. The lowest BCUT2D eigenvalue weighted by molar-refractivity contribution is -0.144. The van der Waals surface area contributed by atoms with Gasteiger partial charge in [-0.2, -0.15) is 0 Å². The van der Waals surface area contributed by atoms with Crippen LogP contribution in [0.4, 0.5) is 0 Å². The highest BCUT2D eigenvalue weighted by Gasteiger charge is 2.27. The van der Waals surface area contributed by atoms with Crippen LogP contribution in [0.3, 0.4) is 0 Å². The molecule has 4 aromatic carbocycles. The maximum atomic E-state index is 12.9. The number of aliphatic carboxylic acids is 1. The van der Waals surface area contributed by atoms with Gasteiger partial charge in [-0.25, -0.2) is 4.79 Å². The molecule has 0 saturated heterocycles. The van der Waals surface area contributed by atoms with Gasteiger partial charge >= 0.3 is 5.97 Å². The lowest BCUT2D eigenvalue weighted by Gasteiger charge is -2.20. The molecule has 2 N–H and O–H groups in total. The molecule has 39 heavy (non-hydrogen) atoms. The number of amides is 1. The van der Waals surface area contributed by atoms with Crippen LogP contribution in [0.5, 0.6) is 11.5 Å². The van der Waals surface area contributed by atoms with E-state index in [1.807, 2.05) is 66.7 Å². The Labute approximate surface area is 228 Å². The summed E-state index contributed by atoms with van der Waals surface area (Å²) in [7, 11) is 1.41. The maximum Gasteiger partial charge on any atom is 0.326 e. The molecule has 0 radical (unpaired) electrons.